The van der Waals surface area contributed by atoms with E-state index in [4.69, 9.17) is 0 Å². The van der Waals surface area contributed by atoms with E-state index in [2.05, 4.69) is 20.9 Å². The van der Waals surface area contributed by atoms with Crippen LogP contribution in [0.25, 0.3) is 0 Å². The van der Waals surface area contributed by atoms with Crippen LogP contribution in [0, 0.1) is 5.82 Å². The van der Waals surface area contributed by atoms with E-state index in [1.165, 1.54) is 12.1 Å². The van der Waals surface area contributed by atoms with E-state index in [-0.39, 0.29) is 11.7 Å². The number of pyridine rings is 1. The van der Waals surface area contributed by atoms with Gasteiger partial charge in [0.25, 0.3) is 5.91 Å². The second-order valence-corrected chi connectivity index (χ2v) is 4.88. The normalized spacial score (nSPS) is 10.3. The Balaban J connectivity index is 2.12. The Morgan fingerprint density at radius 1 is 1.32 bits per heavy atom. The third kappa shape index (κ3) is 3.38. The molecule has 0 saturated heterocycles. The van der Waals surface area contributed by atoms with Crippen molar-refractivity contribution in [2.45, 2.75) is 6.54 Å². The molecular weight excluding hydrogens is 311 g/mol. The van der Waals surface area contributed by atoms with Crippen molar-refractivity contribution in [3.8, 4) is 0 Å². The summed E-state index contributed by atoms with van der Waals surface area (Å²) in [5.74, 6) is -0.419. The summed E-state index contributed by atoms with van der Waals surface area (Å²) in [6, 6.07) is 9.51. The van der Waals surface area contributed by atoms with Crippen molar-refractivity contribution in [1.82, 2.24) is 9.88 Å². The van der Waals surface area contributed by atoms with Crippen molar-refractivity contribution < 1.29 is 9.18 Å². The highest BCUT2D eigenvalue weighted by atomic mass is 79.9. The van der Waals surface area contributed by atoms with E-state index in [0.29, 0.717) is 16.7 Å². The second kappa shape index (κ2) is 5.93. The Hall–Kier alpha value is -1.75. The molecule has 1 aromatic carbocycles. The first-order chi connectivity index (χ1) is 9.08. The maximum absolute atomic E-state index is 12.8. The van der Waals surface area contributed by atoms with Crippen LogP contribution in [0.3, 0.4) is 0 Å². The Morgan fingerprint density at radius 2 is 2.00 bits per heavy atom. The van der Waals surface area contributed by atoms with E-state index in [1.807, 2.05) is 0 Å². The molecule has 19 heavy (non-hydrogen) atoms. The number of benzene rings is 1. The standard InChI is InChI=1S/C14H12BrFN2O/c1-18(9-10-4-6-11(16)7-5-10)14(19)12-3-2-8-17-13(12)15/h2-8H,9H2,1H3. The van der Waals surface area contributed by atoms with Gasteiger partial charge in [0.05, 0.1) is 5.56 Å². The van der Waals surface area contributed by atoms with Crippen molar-refractivity contribution in [2.75, 3.05) is 7.05 Å². The minimum absolute atomic E-state index is 0.135. The maximum Gasteiger partial charge on any atom is 0.256 e. The molecule has 3 nitrogen and oxygen atoms in total. The summed E-state index contributed by atoms with van der Waals surface area (Å²) in [7, 11) is 1.70. The van der Waals surface area contributed by atoms with E-state index in [1.54, 1.807) is 42.4 Å². The summed E-state index contributed by atoms with van der Waals surface area (Å²) in [5.41, 5.74) is 1.38. The largest absolute Gasteiger partial charge is 0.337 e. The molecule has 0 aliphatic carbocycles. The van der Waals surface area contributed by atoms with Crippen molar-refractivity contribution in [3.63, 3.8) is 0 Å². The minimum Gasteiger partial charge on any atom is -0.337 e. The molecule has 5 heteroatoms. The van der Waals surface area contributed by atoms with E-state index in [0.717, 1.165) is 5.56 Å². The van der Waals surface area contributed by atoms with E-state index < -0.39 is 0 Å². The molecule has 0 spiro atoms. The van der Waals surface area contributed by atoms with Gasteiger partial charge in [-0.15, -0.1) is 0 Å². The third-order valence-corrected chi connectivity index (χ3v) is 3.30. The fourth-order valence-corrected chi connectivity index (χ4v) is 2.11. The number of hydrogen-bond acceptors (Lipinski definition) is 2. The zero-order chi connectivity index (χ0) is 13.8. The van der Waals surface area contributed by atoms with Gasteiger partial charge in [-0.05, 0) is 45.8 Å². The van der Waals surface area contributed by atoms with Crippen LogP contribution >= 0.6 is 15.9 Å². The predicted molar refractivity (Wildman–Crippen MR) is 74.1 cm³/mol. The summed E-state index contributed by atoms with van der Waals surface area (Å²) in [4.78, 5) is 17.8. The van der Waals surface area contributed by atoms with Gasteiger partial charge in [-0.25, -0.2) is 9.37 Å². The van der Waals surface area contributed by atoms with Gasteiger partial charge in [-0.1, -0.05) is 12.1 Å². The molecule has 98 valence electrons. The highest BCUT2D eigenvalue weighted by molar-refractivity contribution is 9.10. The maximum atomic E-state index is 12.8. The summed E-state index contributed by atoms with van der Waals surface area (Å²) in [6.07, 6.45) is 1.61. The SMILES string of the molecule is CN(Cc1ccc(F)cc1)C(=O)c1cccnc1Br. The van der Waals surface area contributed by atoms with Crippen LogP contribution in [0.2, 0.25) is 0 Å². The predicted octanol–water partition coefficient (Wildman–Crippen LogP) is 3.26. The van der Waals surface area contributed by atoms with Gasteiger partial charge in [-0.3, -0.25) is 4.79 Å². The molecule has 0 saturated carbocycles. The molecule has 0 radical (unpaired) electrons. The second-order valence-electron chi connectivity index (χ2n) is 4.13. The Labute approximate surface area is 119 Å². The zero-order valence-electron chi connectivity index (χ0n) is 10.3. The van der Waals surface area contributed by atoms with Crippen LogP contribution in [0.4, 0.5) is 4.39 Å². The molecule has 1 amide bonds. The van der Waals surface area contributed by atoms with Crippen molar-refractivity contribution in [1.29, 1.82) is 0 Å². The number of carbonyl (C=O) groups excluding carboxylic acids is 1. The van der Waals surface area contributed by atoms with Crippen molar-refractivity contribution in [3.05, 3.63) is 64.1 Å². The number of nitrogens with zero attached hydrogens (tertiary/aromatic N) is 2. The smallest absolute Gasteiger partial charge is 0.256 e. The van der Waals surface area contributed by atoms with E-state index in [9.17, 15) is 9.18 Å². The molecule has 0 unspecified atom stereocenters. The van der Waals surface area contributed by atoms with Crippen LogP contribution in [0.15, 0.2) is 47.2 Å². The first-order valence-electron chi connectivity index (χ1n) is 5.68. The number of carbonyl (C=O) groups is 1. The van der Waals surface area contributed by atoms with Crippen molar-refractivity contribution in [2.24, 2.45) is 0 Å². The Morgan fingerprint density at radius 3 is 2.63 bits per heavy atom. The van der Waals surface area contributed by atoms with Crippen LogP contribution in [0.5, 0.6) is 0 Å². The number of rotatable bonds is 3. The number of amides is 1. The monoisotopic (exact) mass is 322 g/mol. The molecule has 0 aliphatic heterocycles. The number of aromatic nitrogens is 1. The average molecular weight is 323 g/mol. The lowest BCUT2D eigenvalue weighted by molar-refractivity contribution is 0.0783. The lowest BCUT2D eigenvalue weighted by Gasteiger charge is -2.17. The van der Waals surface area contributed by atoms with Gasteiger partial charge in [0, 0.05) is 19.8 Å². The molecule has 0 aliphatic rings. The van der Waals surface area contributed by atoms with Crippen LogP contribution in [-0.2, 0) is 6.54 Å². The highest BCUT2D eigenvalue weighted by Gasteiger charge is 2.15. The molecule has 1 heterocycles. The quantitative estimate of drug-likeness (QED) is 0.813. The fourth-order valence-electron chi connectivity index (χ4n) is 1.69. The molecule has 0 N–H and O–H groups in total. The summed E-state index contributed by atoms with van der Waals surface area (Å²) in [5, 5.41) is 0. The molecule has 2 rings (SSSR count). The van der Waals surface area contributed by atoms with Gasteiger partial charge in [0.1, 0.15) is 10.4 Å². The summed E-state index contributed by atoms with van der Waals surface area (Å²) < 4.78 is 13.3. The first-order valence-corrected chi connectivity index (χ1v) is 6.47. The van der Waals surface area contributed by atoms with Crippen LogP contribution < -0.4 is 0 Å². The molecular formula is C14H12BrFN2O. The summed E-state index contributed by atoms with van der Waals surface area (Å²) >= 11 is 3.25. The van der Waals surface area contributed by atoms with Crippen molar-refractivity contribution >= 4 is 21.8 Å². The van der Waals surface area contributed by atoms with Crippen LogP contribution in [-0.4, -0.2) is 22.8 Å². The highest BCUT2D eigenvalue weighted by Crippen LogP contribution is 2.16. The molecule has 0 atom stereocenters. The molecule has 0 bridgehead atoms. The van der Waals surface area contributed by atoms with Gasteiger partial charge < -0.3 is 4.90 Å². The zero-order valence-corrected chi connectivity index (χ0v) is 11.9. The fraction of sp³-hybridized carbons (Fsp3) is 0.143. The average Bonchev–Trinajstić information content (AvgIpc) is 2.41. The lowest BCUT2D eigenvalue weighted by Crippen LogP contribution is -2.26. The minimum atomic E-state index is -0.285. The Kier molecular flexibility index (Phi) is 4.27. The van der Waals surface area contributed by atoms with Gasteiger partial charge >= 0.3 is 0 Å². The van der Waals surface area contributed by atoms with Crippen LogP contribution in [0.1, 0.15) is 15.9 Å². The lowest BCUT2D eigenvalue weighted by atomic mass is 10.2. The molecule has 1 aromatic heterocycles. The van der Waals surface area contributed by atoms with Gasteiger partial charge in [0.2, 0.25) is 0 Å². The topological polar surface area (TPSA) is 33.2 Å². The first kappa shape index (κ1) is 13.7. The number of hydrogen-bond donors (Lipinski definition) is 0. The van der Waals surface area contributed by atoms with Gasteiger partial charge in [-0.2, -0.15) is 0 Å². The molecule has 0 fully saturated rings. The Bertz CT molecular complexity index is 586. The molecule has 2 aromatic rings. The van der Waals surface area contributed by atoms with Gasteiger partial charge in [0.15, 0.2) is 0 Å². The summed E-state index contributed by atoms with van der Waals surface area (Å²) in [6.45, 7) is 0.417. The number of halogens is 2. The third-order valence-electron chi connectivity index (χ3n) is 2.67. The van der Waals surface area contributed by atoms with E-state index >= 15 is 0 Å².